The van der Waals surface area contributed by atoms with Crippen LogP contribution >= 0.6 is 0 Å². The maximum atomic E-state index is 4.32. The predicted octanol–water partition coefficient (Wildman–Crippen LogP) is 2.89. The molecule has 12 heavy (non-hydrogen) atoms. The maximum Gasteiger partial charge on any atom is 0.0349 e. The predicted molar refractivity (Wildman–Crippen MR) is 55.6 cm³/mol. The van der Waals surface area contributed by atoms with Crippen LogP contribution in [0.25, 0.3) is 0 Å². The van der Waals surface area contributed by atoms with E-state index in [1.165, 1.54) is 31.4 Å². The molecule has 0 spiro atoms. The maximum absolute atomic E-state index is 4.32. The normalized spacial score (nSPS) is 11.8. The van der Waals surface area contributed by atoms with Gasteiger partial charge in [-0.2, -0.15) is 5.10 Å². The zero-order valence-corrected chi connectivity index (χ0v) is 8.93. The van der Waals surface area contributed by atoms with Crippen LogP contribution in [0.2, 0.25) is 0 Å². The van der Waals surface area contributed by atoms with Crippen molar-refractivity contribution < 1.29 is 0 Å². The van der Waals surface area contributed by atoms with Gasteiger partial charge in [-0.3, -0.25) is 0 Å². The molecule has 0 fully saturated rings. The Morgan fingerprint density at radius 2 is 1.83 bits per heavy atom. The molecule has 0 saturated heterocycles. The number of hydrazone groups is 1. The van der Waals surface area contributed by atoms with Gasteiger partial charge in [-0.05, 0) is 19.8 Å². The Hall–Kier alpha value is -0.530. The van der Waals surface area contributed by atoms with Crippen molar-refractivity contribution in [2.75, 3.05) is 14.1 Å². The summed E-state index contributed by atoms with van der Waals surface area (Å²) in [5.41, 5.74) is 1.25. The van der Waals surface area contributed by atoms with E-state index in [0.717, 1.165) is 6.42 Å². The molecule has 0 heterocycles. The summed E-state index contributed by atoms with van der Waals surface area (Å²) in [6, 6.07) is 0. The molecule has 0 aromatic carbocycles. The van der Waals surface area contributed by atoms with Crippen LogP contribution in [0.4, 0.5) is 0 Å². The van der Waals surface area contributed by atoms with Gasteiger partial charge in [-0.25, -0.2) is 0 Å². The molecule has 0 saturated carbocycles. The van der Waals surface area contributed by atoms with Gasteiger partial charge in [0, 0.05) is 19.8 Å². The van der Waals surface area contributed by atoms with Crippen LogP contribution in [0.15, 0.2) is 5.10 Å². The summed E-state index contributed by atoms with van der Waals surface area (Å²) in [5, 5.41) is 6.20. The second-order valence-corrected chi connectivity index (χ2v) is 3.49. The lowest BCUT2D eigenvalue weighted by atomic mass is 10.1. The fourth-order valence-corrected chi connectivity index (χ4v) is 1.20. The van der Waals surface area contributed by atoms with Crippen molar-refractivity contribution in [2.24, 2.45) is 5.10 Å². The number of nitrogens with zero attached hydrogens (tertiary/aromatic N) is 2. The fraction of sp³-hybridized carbons (Fsp3) is 0.900. The number of hydrogen-bond donors (Lipinski definition) is 0. The van der Waals surface area contributed by atoms with E-state index in [9.17, 15) is 0 Å². The summed E-state index contributed by atoms with van der Waals surface area (Å²) < 4.78 is 0. The summed E-state index contributed by atoms with van der Waals surface area (Å²) in [6.07, 6.45) is 6.45. The molecule has 0 unspecified atom stereocenters. The van der Waals surface area contributed by atoms with Gasteiger partial charge < -0.3 is 5.01 Å². The largest absolute Gasteiger partial charge is 0.303 e. The van der Waals surface area contributed by atoms with E-state index in [1.807, 2.05) is 19.1 Å². The van der Waals surface area contributed by atoms with Crippen molar-refractivity contribution in [3.05, 3.63) is 0 Å². The average molecular weight is 170 g/mol. The average Bonchev–Trinajstić information content (AvgIpc) is 1.97. The Morgan fingerprint density at radius 1 is 1.17 bits per heavy atom. The van der Waals surface area contributed by atoms with Crippen molar-refractivity contribution >= 4 is 5.71 Å². The van der Waals surface area contributed by atoms with Crippen LogP contribution in [0, 0.1) is 0 Å². The van der Waals surface area contributed by atoms with Crippen molar-refractivity contribution in [3.8, 4) is 0 Å². The summed E-state index contributed by atoms with van der Waals surface area (Å²) in [6.45, 7) is 4.34. The van der Waals surface area contributed by atoms with Gasteiger partial charge in [-0.15, -0.1) is 0 Å². The van der Waals surface area contributed by atoms with E-state index >= 15 is 0 Å². The first kappa shape index (κ1) is 11.5. The highest BCUT2D eigenvalue weighted by molar-refractivity contribution is 5.81. The molecule has 0 rings (SSSR count). The second kappa shape index (κ2) is 7.14. The Labute approximate surface area is 76.6 Å². The molecule has 0 aliphatic carbocycles. The summed E-state index contributed by atoms with van der Waals surface area (Å²) in [4.78, 5) is 0. The van der Waals surface area contributed by atoms with Crippen molar-refractivity contribution in [2.45, 2.75) is 46.0 Å². The lowest BCUT2D eigenvalue weighted by molar-refractivity contribution is 0.435. The molecule has 0 radical (unpaired) electrons. The number of hydrogen-bond acceptors (Lipinski definition) is 2. The first-order valence-corrected chi connectivity index (χ1v) is 4.88. The van der Waals surface area contributed by atoms with Gasteiger partial charge in [0.15, 0.2) is 0 Å². The third kappa shape index (κ3) is 7.58. The Morgan fingerprint density at radius 3 is 2.33 bits per heavy atom. The molecule has 0 amide bonds. The monoisotopic (exact) mass is 170 g/mol. The summed E-state index contributed by atoms with van der Waals surface area (Å²) in [7, 11) is 3.94. The quantitative estimate of drug-likeness (QED) is 0.340. The van der Waals surface area contributed by atoms with Gasteiger partial charge in [-0.1, -0.05) is 26.2 Å². The summed E-state index contributed by atoms with van der Waals surface area (Å²) in [5.74, 6) is 0. The van der Waals surface area contributed by atoms with Crippen LogP contribution in [0.1, 0.15) is 46.0 Å². The molecule has 2 nitrogen and oxygen atoms in total. The summed E-state index contributed by atoms with van der Waals surface area (Å²) >= 11 is 0. The van der Waals surface area contributed by atoms with Crippen molar-refractivity contribution in [1.29, 1.82) is 0 Å². The van der Waals surface area contributed by atoms with E-state index < -0.39 is 0 Å². The number of rotatable bonds is 6. The highest BCUT2D eigenvalue weighted by atomic mass is 15.4. The SMILES string of the molecule is CCCCCC/C(C)=N/N(C)C. The molecule has 2 heteroatoms. The van der Waals surface area contributed by atoms with E-state index in [1.54, 1.807) is 0 Å². The molecule has 72 valence electrons. The minimum absolute atomic E-state index is 1.15. The van der Waals surface area contributed by atoms with Crippen LogP contribution in [0.5, 0.6) is 0 Å². The zero-order valence-electron chi connectivity index (χ0n) is 8.93. The molecule has 0 atom stereocenters. The second-order valence-electron chi connectivity index (χ2n) is 3.49. The standard InChI is InChI=1S/C10H22N2/c1-5-6-7-8-9-10(2)11-12(3)4/h5-9H2,1-4H3/b11-10+. The van der Waals surface area contributed by atoms with E-state index in [2.05, 4.69) is 18.9 Å². The molecular formula is C10H22N2. The third-order valence-electron chi connectivity index (χ3n) is 1.76. The van der Waals surface area contributed by atoms with Crippen LogP contribution in [-0.4, -0.2) is 24.8 Å². The lowest BCUT2D eigenvalue weighted by Gasteiger charge is -2.06. The van der Waals surface area contributed by atoms with Crippen LogP contribution in [-0.2, 0) is 0 Å². The van der Waals surface area contributed by atoms with Gasteiger partial charge in [0.1, 0.15) is 0 Å². The minimum atomic E-state index is 1.15. The van der Waals surface area contributed by atoms with Crippen molar-refractivity contribution in [3.63, 3.8) is 0 Å². The molecule has 0 aliphatic heterocycles. The first-order valence-electron chi connectivity index (χ1n) is 4.88. The van der Waals surface area contributed by atoms with E-state index in [4.69, 9.17) is 0 Å². The zero-order chi connectivity index (χ0) is 9.40. The van der Waals surface area contributed by atoms with Gasteiger partial charge in [0.2, 0.25) is 0 Å². The smallest absolute Gasteiger partial charge is 0.0349 e. The fourth-order valence-electron chi connectivity index (χ4n) is 1.20. The molecular weight excluding hydrogens is 148 g/mol. The van der Waals surface area contributed by atoms with E-state index in [0.29, 0.717) is 0 Å². The molecule has 0 N–H and O–H groups in total. The molecule has 0 aromatic rings. The van der Waals surface area contributed by atoms with Crippen LogP contribution < -0.4 is 0 Å². The lowest BCUT2D eigenvalue weighted by Crippen LogP contribution is -2.06. The van der Waals surface area contributed by atoms with E-state index in [-0.39, 0.29) is 0 Å². The molecule has 0 bridgehead atoms. The highest BCUT2D eigenvalue weighted by Crippen LogP contribution is 2.03. The molecule has 0 aliphatic rings. The van der Waals surface area contributed by atoms with Crippen molar-refractivity contribution in [1.82, 2.24) is 5.01 Å². The first-order chi connectivity index (χ1) is 5.66. The highest BCUT2D eigenvalue weighted by Gasteiger charge is 1.92. The molecule has 0 aromatic heterocycles. The Kier molecular flexibility index (Phi) is 6.82. The minimum Gasteiger partial charge on any atom is -0.303 e. The van der Waals surface area contributed by atoms with Gasteiger partial charge in [0.25, 0.3) is 0 Å². The van der Waals surface area contributed by atoms with Crippen LogP contribution in [0.3, 0.4) is 0 Å². The Bertz CT molecular complexity index is 128. The topological polar surface area (TPSA) is 15.6 Å². The van der Waals surface area contributed by atoms with Gasteiger partial charge in [0.05, 0.1) is 0 Å². The third-order valence-corrected chi connectivity index (χ3v) is 1.76. The number of unbranched alkanes of at least 4 members (excludes halogenated alkanes) is 3. The Balaban J connectivity index is 3.37. The van der Waals surface area contributed by atoms with Gasteiger partial charge >= 0.3 is 0 Å².